The Morgan fingerprint density at radius 3 is 2.02 bits per heavy atom. The molecule has 0 saturated heterocycles. The number of rotatable bonds is 17. The molecule has 1 aliphatic rings. The number of halogens is 3. The van der Waals surface area contributed by atoms with Gasteiger partial charge in [-0.3, -0.25) is 0 Å². The molecule has 0 aliphatic carbocycles. The van der Waals surface area contributed by atoms with Crippen LogP contribution >= 0.6 is 0 Å². The van der Waals surface area contributed by atoms with Crippen LogP contribution in [0.25, 0.3) is 0 Å². The van der Waals surface area contributed by atoms with Crippen molar-refractivity contribution in [2.24, 2.45) is 4.99 Å². The molecule has 1 N–H and O–H groups in total. The molecule has 4 rings (SSSR count). The van der Waals surface area contributed by atoms with Crippen LogP contribution in [-0.4, -0.2) is 74.5 Å². The molecule has 0 amide bonds. The highest BCUT2D eigenvalue weighted by Gasteiger charge is 2.30. The van der Waals surface area contributed by atoms with Gasteiger partial charge >= 0.3 is 6.18 Å². The van der Waals surface area contributed by atoms with E-state index in [1.54, 1.807) is 12.1 Å². The lowest BCUT2D eigenvalue weighted by Gasteiger charge is -2.23. The Morgan fingerprint density at radius 2 is 1.40 bits per heavy atom. The van der Waals surface area contributed by atoms with Gasteiger partial charge in [0.25, 0.3) is 0 Å². The van der Waals surface area contributed by atoms with Crippen LogP contribution in [0, 0.1) is 0 Å². The summed E-state index contributed by atoms with van der Waals surface area (Å²) >= 11 is 0. The number of hydrogen-bond donors (Lipinski definition) is 1. The number of aliphatic imine (C=N–C) groups is 1. The Hall–Kier alpha value is -3.76. The minimum Gasteiger partial charge on any atom is -0.493 e. The van der Waals surface area contributed by atoms with Crippen LogP contribution in [0.2, 0.25) is 0 Å². The van der Waals surface area contributed by atoms with E-state index in [9.17, 15) is 13.2 Å². The van der Waals surface area contributed by atoms with Gasteiger partial charge in [0.2, 0.25) is 0 Å². The zero-order valence-electron chi connectivity index (χ0n) is 26.8. The van der Waals surface area contributed by atoms with Crippen LogP contribution in [-0.2, 0) is 6.18 Å². The molecule has 0 spiro atoms. The van der Waals surface area contributed by atoms with Gasteiger partial charge in [-0.2, -0.15) is 13.2 Å². The third-order valence-corrected chi connectivity index (χ3v) is 7.88. The van der Waals surface area contributed by atoms with E-state index in [4.69, 9.17) is 19.2 Å². The van der Waals surface area contributed by atoms with Gasteiger partial charge < -0.3 is 29.3 Å². The van der Waals surface area contributed by atoms with Crippen molar-refractivity contribution in [1.82, 2.24) is 9.80 Å². The zero-order chi connectivity index (χ0) is 32.2. The van der Waals surface area contributed by atoms with E-state index >= 15 is 0 Å². The van der Waals surface area contributed by atoms with Crippen molar-refractivity contribution in [3.8, 4) is 23.0 Å². The van der Waals surface area contributed by atoms with E-state index in [0.717, 1.165) is 92.6 Å². The van der Waals surface area contributed by atoms with Gasteiger partial charge in [0.1, 0.15) is 22.9 Å². The highest BCUT2D eigenvalue weighted by Crippen LogP contribution is 2.42. The first-order valence-electron chi connectivity index (χ1n) is 15.9. The van der Waals surface area contributed by atoms with Crippen LogP contribution in [0.5, 0.6) is 23.0 Å². The van der Waals surface area contributed by atoms with Gasteiger partial charge in [-0.05, 0) is 87.0 Å². The van der Waals surface area contributed by atoms with Gasteiger partial charge in [0.05, 0.1) is 36.7 Å². The first-order valence-corrected chi connectivity index (χ1v) is 15.9. The molecule has 1 aliphatic heterocycles. The van der Waals surface area contributed by atoms with Crippen LogP contribution in [0.3, 0.4) is 0 Å². The predicted octanol–water partition coefficient (Wildman–Crippen LogP) is 8.27. The lowest BCUT2D eigenvalue weighted by molar-refractivity contribution is -0.137. The van der Waals surface area contributed by atoms with Crippen molar-refractivity contribution in [3.63, 3.8) is 0 Å². The van der Waals surface area contributed by atoms with E-state index in [0.29, 0.717) is 31.3 Å². The van der Waals surface area contributed by atoms with E-state index in [-0.39, 0.29) is 5.75 Å². The lowest BCUT2D eigenvalue weighted by Crippen LogP contribution is -2.25. The largest absolute Gasteiger partial charge is 0.493 e. The Balaban J connectivity index is 1.49. The summed E-state index contributed by atoms with van der Waals surface area (Å²) < 4.78 is 57.4. The SMILES string of the molecule is CCN(CC)CCCOc1cc2c(c(OCCCN(CC)CC)c1)N=C(c1ccc(Oc3cccc(C(F)(F)F)c3)cc1)CN2. The van der Waals surface area contributed by atoms with E-state index in [1.807, 2.05) is 24.3 Å². The molecule has 45 heavy (non-hydrogen) atoms. The van der Waals surface area contributed by atoms with Crippen molar-refractivity contribution in [1.29, 1.82) is 0 Å². The second-order valence-corrected chi connectivity index (χ2v) is 10.8. The van der Waals surface area contributed by atoms with Crippen molar-refractivity contribution < 1.29 is 27.4 Å². The number of nitrogens with zero attached hydrogens (tertiary/aromatic N) is 3. The van der Waals surface area contributed by atoms with E-state index < -0.39 is 11.7 Å². The number of anilines is 1. The smallest absolute Gasteiger partial charge is 0.416 e. The average molecular weight is 627 g/mol. The first kappa shape index (κ1) is 34.1. The minimum atomic E-state index is -4.43. The normalized spacial score (nSPS) is 13.0. The van der Waals surface area contributed by atoms with Crippen LogP contribution in [0.15, 0.2) is 65.7 Å². The van der Waals surface area contributed by atoms with Gasteiger partial charge in [-0.1, -0.05) is 33.8 Å². The molecule has 0 atom stereocenters. The maximum atomic E-state index is 13.1. The average Bonchev–Trinajstić information content (AvgIpc) is 3.05. The molecule has 10 heteroatoms. The predicted molar refractivity (Wildman–Crippen MR) is 175 cm³/mol. The Labute approximate surface area is 265 Å². The number of ether oxygens (including phenoxy) is 3. The fourth-order valence-corrected chi connectivity index (χ4v) is 5.16. The third kappa shape index (κ3) is 9.86. The second kappa shape index (κ2) is 16.5. The molecule has 0 radical (unpaired) electrons. The molecular formula is C35H45F3N4O3. The highest BCUT2D eigenvalue weighted by molar-refractivity contribution is 6.08. The Morgan fingerprint density at radius 1 is 0.756 bits per heavy atom. The van der Waals surface area contributed by atoms with Gasteiger partial charge in [-0.25, -0.2) is 4.99 Å². The molecule has 1 heterocycles. The topological polar surface area (TPSA) is 58.6 Å². The van der Waals surface area contributed by atoms with Crippen molar-refractivity contribution >= 4 is 17.1 Å². The van der Waals surface area contributed by atoms with Crippen LogP contribution < -0.4 is 19.5 Å². The molecule has 0 bridgehead atoms. The van der Waals surface area contributed by atoms with Gasteiger partial charge in [-0.15, -0.1) is 0 Å². The summed E-state index contributed by atoms with van der Waals surface area (Å²) in [7, 11) is 0. The number of hydrogen-bond acceptors (Lipinski definition) is 7. The molecule has 7 nitrogen and oxygen atoms in total. The minimum absolute atomic E-state index is 0.122. The molecular weight excluding hydrogens is 581 g/mol. The maximum absolute atomic E-state index is 13.1. The first-order chi connectivity index (χ1) is 21.7. The fraction of sp³-hybridized carbons (Fsp3) is 0.457. The van der Waals surface area contributed by atoms with Gasteiger partial charge in [0.15, 0.2) is 5.75 Å². The summed E-state index contributed by atoms with van der Waals surface area (Å²) in [6, 6.07) is 15.9. The summed E-state index contributed by atoms with van der Waals surface area (Å²) in [6.45, 7) is 16.3. The zero-order valence-corrected chi connectivity index (χ0v) is 26.8. The van der Waals surface area contributed by atoms with Crippen LogP contribution in [0.1, 0.15) is 51.7 Å². The summed E-state index contributed by atoms with van der Waals surface area (Å²) in [6.07, 6.45) is -2.61. The number of benzene rings is 3. The number of nitrogens with one attached hydrogen (secondary N) is 1. The monoisotopic (exact) mass is 626 g/mol. The molecule has 3 aromatic rings. The summed E-state index contributed by atoms with van der Waals surface area (Å²) in [5, 5.41) is 3.48. The van der Waals surface area contributed by atoms with E-state index in [2.05, 4.69) is 42.8 Å². The van der Waals surface area contributed by atoms with E-state index in [1.165, 1.54) is 12.1 Å². The summed E-state index contributed by atoms with van der Waals surface area (Å²) in [4.78, 5) is 9.73. The highest BCUT2D eigenvalue weighted by atomic mass is 19.4. The summed E-state index contributed by atoms with van der Waals surface area (Å²) in [5.41, 5.74) is 2.50. The molecule has 0 aromatic heterocycles. The third-order valence-electron chi connectivity index (χ3n) is 7.88. The van der Waals surface area contributed by atoms with Crippen LogP contribution in [0.4, 0.5) is 24.5 Å². The quantitative estimate of drug-likeness (QED) is 0.152. The Bertz CT molecular complexity index is 1390. The molecule has 244 valence electrons. The maximum Gasteiger partial charge on any atom is 0.416 e. The number of alkyl halides is 3. The van der Waals surface area contributed by atoms with Crippen molar-refractivity contribution in [3.05, 3.63) is 71.8 Å². The lowest BCUT2D eigenvalue weighted by atomic mass is 10.1. The Kier molecular flexibility index (Phi) is 12.5. The fourth-order valence-electron chi connectivity index (χ4n) is 5.16. The molecule has 3 aromatic carbocycles. The number of fused-ring (bicyclic) bond motifs is 1. The molecule has 0 fully saturated rings. The second-order valence-electron chi connectivity index (χ2n) is 10.8. The summed E-state index contributed by atoms with van der Waals surface area (Å²) in [5.74, 6) is 1.97. The van der Waals surface area contributed by atoms with Gasteiger partial charge in [0, 0.05) is 25.2 Å². The standard InChI is InChI=1S/C35H45F3N4O3/c1-5-41(6-2)18-10-20-43-30-23-31-34(33(24-30)44-21-11-19-42(7-3)8-4)40-32(25-39-31)26-14-16-28(17-15-26)45-29-13-9-12-27(22-29)35(36,37)38/h9,12-17,22-24,39H,5-8,10-11,18-21,25H2,1-4H3. The van der Waals surface area contributed by atoms with Crippen molar-refractivity contribution in [2.45, 2.75) is 46.7 Å². The van der Waals surface area contributed by atoms with Crippen molar-refractivity contribution in [2.75, 3.05) is 64.3 Å². The molecule has 0 saturated carbocycles. The molecule has 0 unspecified atom stereocenters.